The topological polar surface area (TPSA) is 80.1 Å². The van der Waals surface area contributed by atoms with Crippen molar-refractivity contribution in [2.45, 2.75) is 45.4 Å². The van der Waals surface area contributed by atoms with Crippen LogP contribution in [0.5, 0.6) is 0 Å². The van der Waals surface area contributed by atoms with Gasteiger partial charge in [-0.15, -0.1) is 0 Å². The molecular formula is C15H24N4O2. The molecule has 2 rings (SSSR count). The zero-order chi connectivity index (χ0) is 15.1. The Labute approximate surface area is 125 Å². The number of nitrogens with zero attached hydrogens (tertiary/aromatic N) is 2. The van der Waals surface area contributed by atoms with Crippen LogP contribution in [0.15, 0.2) is 12.1 Å². The lowest BCUT2D eigenvalue weighted by atomic mass is 10.0. The smallest absolute Gasteiger partial charge is 0.311 e. The van der Waals surface area contributed by atoms with E-state index in [1.807, 2.05) is 0 Å². The van der Waals surface area contributed by atoms with Crippen molar-refractivity contribution in [1.29, 1.82) is 0 Å². The predicted octanol–water partition coefficient (Wildman–Crippen LogP) is 3.80. The number of aromatic nitrogens is 1. The lowest BCUT2D eigenvalue weighted by molar-refractivity contribution is -0.384. The quantitative estimate of drug-likeness (QED) is 0.562. The summed E-state index contributed by atoms with van der Waals surface area (Å²) >= 11 is 0. The third-order valence-corrected chi connectivity index (χ3v) is 3.95. The Morgan fingerprint density at radius 1 is 1.29 bits per heavy atom. The van der Waals surface area contributed by atoms with Gasteiger partial charge in [-0.2, -0.15) is 0 Å². The van der Waals surface area contributed by atoms with Crippen molar-refractivity contribution < 1.29 is 4.92 Å². The Balaban J connectivity index is 1.97. The van der Waals surface area contributed by atoms with E-state index in [-0.39, 0.29) is 10.6 Å². The van der Waals surface area contributed by atoms with Gasteiger partial charge in [-0.1, -0.05) is 32.6 Å². The maximum absolute atomic E-state index is 11.1. The Hall–Kier alpha value is -1.85. The molecule has 6 nitrogen and oxygen atoms in total. The zero-order valence-electron chi connectivity index (χ0n) is 12.6. The van der Waals surface area contributed by atoms with E-state index in [0.29, 0.717) is 11.6 Å². The van der Waals surface area contributed by atoms with Crippen molar-refractivity contribution in [3.05, 3.63) is 22.2 Å². The maximum atomic E-state index is 11.1. The highest BCUT2D eigenvalue weighted by atomic mass is 16.6. The summed E-state index contributed by atoms with van der Waals surface area (Å²) in [4.78, 5) is 15.0. The molecule has 1 saturated carbocycles. The fourth-order valence-electron chi connectivity index (χ4n) is 2.77. The molecule has 21 heavy (non-hydrogen) atoms. The molecule has 1 aromatic rings. The number of nitro groups is 1. The van der Waals surface area contributed by atoms with Crippen LogP contribution in [0.4, 0.5) is 17.3 Å². The third kappa shape index (κ3) is 4.58. The molecule has 0 saturated heterocycles. The van der Waals surface area contributed by atoms with Crippen LogP contribution in [0.25, 0.3) is 0 Å². The van der Waals surface area contributed by atoms with Crippen LogP contribution in [-0.2, 0) is 0 Å². The van der Waals surface area contributed by atoms with Crippen LogP contribution in [0, 0.1) is 16.0 Å². The van der Waals surface area contributed by atoms with Crippen LogP contribution < -0.4 is 10.6 Å². The summed E-state index contributed by atoms with van der Waals surface area (Å²) in [5, 5.41) is 17.4. The first-order valence-electron chi connectivity index (χ1n) is 7.84. The molecular weight excluding hydrogens is 268 g/mol. The van der Waals surface area contributed by atoms with Gasteiger partial charge in [0.25, 0.3) is 0 Å². The van der Waals surface area contributed by atoms with Crippen molar-refractivity contribution in [2.24, 2.45) is 5.92 Å². The Kier molecular flexibility index (Phi) is 5.78. The van der Waals surface area contributed by atoms with Gasteiger partial charge in [-0.05, 0) is 24.8 Å². The molecule has 1 fully saturated rings. The molecule has 0 aromatic carbocycles. The SMILES string of the molecule is CCCNc1ccc([N+](=O)[O-])c(NCCC2CCCC2)n1. The van der Waals surface area contributed by atoms with Gasteiger partial charge >= 0.3 is 5.69 Å². The first kappa shape index (κ1) is 15.5. The van der Waals surface area contributed by atoms with Gasteiger partial charge in [0.2, 0.25) is 5.82 Å². The minimum atomic E-state index is -0.380. The second-order valence-electron chi connectivity index (χ2n) is 5.61. The summed E-state index contributed by atoms with van der Waals surface area (Å²) < 4.78 is 0. The molecule has 0 radical (unpaired) electrons. The highest BCUT2D eigenvalue weighted by Crippen LogP contribution is 2.28. The predicted molar refractivity (Wildman–Crippen MR) is 84.7 cm³/mol. The monoisotopic (exact) mass is 292 g/mol. The van der Waals surface area contributed by atoms with E-state index in [2.05, 4.69) is 22.5 Å². The van der Waals surface area contributed by atoms with Crippen LogP contribution in [0.1, 0.15) is 45.4 Å². The highest BCUT2D eigenvalue weighted by molar-refractivity contribution is 5.60. The zero-order valence-corrected chi connectivity index (χ0v) is 12.6. The molecule has 0 aliphatic heterocycles. The fourth-order valence-corrected chi connectivity index (χ4v) is 2.77. The number of anilines is 2. The summed E-state index contributed by atoms with van der Waals surface area (Å²) in [5.41, 5.74) is 0.0449. The van der Waals surface area contributed by atoms with Gasteiger partial charge in [0, 0.05) is 19.2 Å². The molecule has 0 spiro atoms. The first-order chi connectivity index (χ1) is 10.2. The minimum absolute atomic E-state index is 0.0449. The van der Waals surface area contributed by atoms with Crippen molar-refractivity contribution in [1.82, 2.24) is 4.98 Å². The van der Waals surface area contributed by atoms with Crippen LogP contribution in [0.3, 0.4) is 0 Å². The van der Waals surface area contributed by atoms with Crippen molar-refractivity contribution >= 4 is 17.3 Å². The molecule has 1 aliphatic rings. The van der Waals surface area contributed by atoms with E-state index in [4.69, 9.17) is 0 Å². The fraction of sp³-hybridized carbons (Fsp3) is 0.667. The molecule has 116 valence electrons. The Morgan fingerprint density at radius 2 is 2.05 bits per heavy atom. The average molecular weight is 292 g/mol. The van der Waals surface area contributed by atoms with Crippen molar-refractivity contribution in [3.63, 3.8) is 0 Å². The summed E-state index contributed by atoms with van der Waals surface area (Å²) in [6, 6.07) is 3.18. The second-order valence-corrected chi connectivity index (χ2v) is 5.61. The third-order valence-electron chi connectivity index (χ3n) is 3.95. The number of hydrogen-bond donors (Lipinski definition) is 2. The van der Waals surface area contributed by atoms with E-state index in [1.165, 1.54) is 31.7 Å². The van der Waals surface area contributed by atoms with Gasteiger partial charge < -0.3 is 10.6 Å². The lowest BCUT2D eigenvalue weighted by Crippen LogP contribution is -2.11. The van der Waals surface area contributed by atoms with E-state index in [0.717, 1.165) is 31.8 Å². The number of rotatable bonds is 8. The number of nitrogens with one attached hydrogen (secondary N) is 2. The van der Waals surface area contributed by atoms with E-state index < -0.39 is 0 Å². The Bertz CT molecular complexity index is 473. The van der Waals surface area contributed by atoms with Crippen molar-refractivity contribution in [3.8, 4) is 0 Å². The van der Waals surface area contributed by atoms with E-state index in [9.17, 15) is 10.1 Å². The minimum Gasteiger partial charge on any atom is -0.370 e. The summed E-state index contributed by atoms with van der Waals surface area (Å²) in [6.07, 6.45) is 7.26. The van der Waals surface area contributed by atoms with Crippen LogP contribution in [0.2, 0.25) is 0 Å². The largest absolute Gasteiger partial charge is 0.370 e. The maximum Gasteiger partial charge on any atom is 0.311 e. The standard InChI is InChI=1S/C15H24N4O2/c1-2-10-16-14-8-7-13(19(20)21)15(18-14)17-11-9-12-5-3-4-6-12/h7-8,12H,2-6,9-11H2,1H3,(H2,16,17,18). The van der Waals surface area contributed by atoms with Gasteiger partial charge in [0.05, 0.1) is 4.92 Å². The average Bonchev–Trinajstić information content (AvgIpc) is 2.98. The van der Waals surface area contributed by atoms with Gasteiger partial charge in [0.1, 0.15) is 5.82 Å². The molecule has 0 atom stereocenters. The Morgan fingerprint density at radius 3 is 2.71 bits per heavy atom. The van der Waals surface area contributed by atoms with Crippen molar-refractivity contribution in [2.75, 3.05) is 23.7 Å². The van der Waals surface area contributed by atoms with Gasteiger partial charge in [-0.25, -0.2) is 4.98 Å². The summed E-state index contributed by atoms with van der Waals surface area (Å²) in [6.45, 7) is 3.63. The number of hydrogen-bond acceptors (Lipinski definition) is 5. The van der Waals surface area contributed by atoms with Gasteiger partial charge in [0.15, 0.2) is 0 Å². The molecule has 2 N–H and O–H groups in total. The van der Waals surface area contributed by atoms with Crippen LogP contribution >= 0.6 is 0 Å². The molecule has 1 heterocycles. The van der Waals surface area contributed by atoms with Gasteiger partial charge in [-0.3, -0.25) is 10.1 Å². The molecule has 0 amide bonds. The highest BCUT2D eigenvalue weighted by Gasteiger charge is 2.18. The van der Waals surface area contributed by atoms with Crippen LogP contribution in [-0.4, -0.2) is 23.0 Å². The molecule has 0 unspecified atom stereocenters. The molecule has 6 heteroatoms. The second kappa shape index (κ2) is 7.81. The lowest BCUT2D eigenvalue weighted by Gasteiger charge is -2.11. The molecule has 1 aliphatic carbocycles. The van der Waals surface area contributed by atoms with E-state index in [1.54, 1.807) is 6.07 Å². The molecule has 0 bridgehead atoms. The normalized spacial score (nSPS) is 15.1. The first-order valence-corrected chi connectivity index (χ1v) is 7.84. The summed E-state index contributed by atoms with van der Waals surface area (Å²) in [7, 11) is 0. The number of pyridine rings is 1. The summed E-state index contributed by atoms with van der Waals surface area (Å²) in [5.74, 6) is 1.82. The molecule has 1 aromatic heterocycles. The van der Waals surface area contributed by atoms with E-state index >= 15 is 0 Å².